The Bertz CT molecular complexity index is 770. The van der Waals surface area contributed by atoms with Gasteiger partial charge in [-0.1, -0.05) is 32.0 Å². The van der Waals surface area contributed by atoms with Crippen LogP contribution in [0.1, 0.15) is 25.8 Å². The number of nitrogens with one attached hydrogen (secondary N) is 1. The van der Waals surface area contributed by atoms with Crippen molar-refractivity contribution in [1.29, 1.82) is 0 Å². The standard InChI is InChI=1S/C21H28FN3O4/c1-14(2)9-24-10-17(29-13-15-5-3-4-6-18(15)22)11-25(12-20(24)27)21(28)16-7-19(26)23-8-16/h3-6,14,16-17H,7-13H2,1-2H3,(H,23,26). The maximum atomic E-state index is 13.9. The van der Waals surface area contributed by atoms with Crippen molar-refractivity contribution in [2.75, 3.05) is 32.7 Å². The average Bonchev–Trinajstić information content (AvgIpc) is 3.04. The zero-order valence-corrected chi connectivity index (χ0v) is 16.9. The van der Waals surface area contributed by atoms with E-state index in [9.17, 15) is 18.8 Å². The molecule has 0 saturated carbocycles. The number of carbonyl (C=O) groups excluding carboxylic acids is 3. The van der Waals surface area contributed by atoms with E-state index in [0.717, 1.165) is 0 Å². The second-order valence-corrected chi connectivity index (χ2v) is 8.14. The quantitative estimate of drug-likeness (QED) is 0.771. The molecule has 2 aliphatic rings. The number of halogens is 1. The Balaban J connectivity index is 1.73. The van der Waals surface area contributed by atoms with Crippen molar-refractivity contribution in [1.82, 2.24) is 15.1 Å². The van der Waals surface area contributed by atoms with Crippen molar-refractivity contribution in [3.8, 4) is 0 Å². The summed E-state index contributed by atoms with van der Waals surface area (Å²) < 4.78 is 19.9. The molecular weight excluding hydrogens is 377 g/mol. The van der Waals surface area contributed by atoms with E-state index < -0.39 is 12.0 Å². The van der Waals surface area contributed by atoms with Crippen LogP contribution >= 0.6 is 0 Å². The summed E-state index contributed by atoms with van der Waals surface area (Å²) in [7, 11) is 0. The lowest BCUT2D eigenvalue weighted by Gasteiger charge is -2.26. The van der Waals surface area contributed by atoms with Crippen molar-refractivity contribution in [3.05, 3.63) is 35.6 Å². The van der Waals surface area contributed by atoms with Crippen LogP contribution in [-0.2, 0) is 25.7 Å². The first-order valence-corrected chi connectivity index (χ1v) is 10.0. The van der Waals surface area contributed by atoms with Crippen molar-refractivity contribution < 1.29 is 23.5 Å². The molecule has 0 bridgehead atoms. The molecule has 0 aliphatic carbocycles. The molecule has 1 aromatic carbocycles. The van der Waals surface area contributed by atoms with Gasteiger partial charge >= 0.3 is 0 Å². The van der Waals surface area contributed by atoms with Gasteiger partial charge < -0.3 is 19.9 Å². The van der Waals surface area contributed by atoms with Gasteiger partial charge in [0.15, 0.2) is 0 Å². The molecule has 2 atom stereocenters. The maximum absolute atomic E-state index is 13.9. The predicted molar refractivity (Wildman–Crippen MR) is 104 cm³/mol. The first-order chi connectivity index (χ1) is 13.8. The fourth-order valence-corrected chi connectivity index (χ4v) is 3.73. The lowest BCUT2D eigenvalue weighted by molar-refractivity contribution is -0.141. The third kappa shape index (κ3) is 5.53. The van der Waals surface area contributed by atoms with Crippen LogP contribution in [0.25, 0.3) is 0 Å². The number of amides is 3. The van der Waals surface area contributed by atoms with E-state index in [0.29, 0.717) is 25.2 Å². The summed E-state index contributed by atoms with van der Waals surface area (Å²) >= 11 is 0. The number of benzene rings is 1. The molecule has 3 rings (SSSR count). The van der Waals surface area contributed by atoms with Crippen LogP contribution in [0.4, 0.5) is 4.39 Å². The first kappa shape index (κ1) is 21.2. The molecule has 0 radical (unpaired) electrons. The molecule has 2 saturated heterocycles. The molecule has 2 aliphatic heterocycles. The van der Waals surface area contributed by atoms with E-state index >= 15 is 0 Å². The first-order valence-electron chi connectivity index (χ1n) is 10.0. The number of rotatable bonds is 6. The minimum Gasteiger partial charge on any atom is -0.370 e. The second kappa shape index (κ2) is 9.35. The van der Waals surface area contributed by atoms with Gasteiger partial charge in [0.1, 0.15) is 5.82 Å². The molecule has 2 fully saturated rings. The molecule has 158 valence electrons. The highest BCUT2D eigenvalue weighted by atomic mass is 19.1. The fraction of sp³-hybridized carbons (Fsp3) is 0.571. The molecule has 3 amide bonds. The van der Waals surface area contributed by atoms with Crippen molar-refractivity contribution in [3.63, 3.8) is 0 Å². The van der Waals surface area contributed by atoms with Gasteiger partial charge in [0.25, 0.3) is 0 Å². The molecule has 7 nitrogen and oxygen atoms in total. The minimum atomic E-state index is -0.459. The highest BCUT2D eigenvalue weighted by Crippen LogP contribution is 2.18. The van der Waals surface area contributed by atoms with E-state index in [1.165, 1.54) is 11.0 Å². The average molecular weight is 405 g/mol. The van der Waals surface area contributed by atoms with Crippen molar-refractivity contribution in [2.24, 2.45) is 11.8 Å². The Kier molecular flexibility index (Phi) is 6.84. The molecule has 2 heterocycles. The van der Waals surface area contributed by atoms with E-state index in [-0.39, 0.29) is 55.6 Å². The maximum Gasteiger partial charge on any atom is 0.242 e. The Morgan fingerprint density at radius 2 is 2.03 bits per heavy atom. The van der Waals surface area contributed by atoms with Gasteiger partial charge in [-0.25, -0.2) is 4.39 Å². The van der Waals surface area contributed by atoms with E-state index in [1.54, 1.807) is 23.1 Å². The van der Waals surface area contributed by atoms with Gasteiger partial charge in [-0.15, -0.1) is 0 Å². The molecule has 1 aromatic rings. The summed E-state index contributed by atoms with van der Waals surface area (Å²) in [6.45, 7) is 5.50. The third-order valence-electron chi connectivity index (χ3n) is 5.18. The van der Waals surface area contributed by atoms with Gasteiger partial charge in [-0.3, -0.25) is 14.4 Å². The Hall–Kier alpha value is -2.48. The van der Waals surface area contributed by atoms with E-state index in [2.05, 4.69) is 5.32 Å². The zero-order valence-electron chi connectivity index (χ0n) is 16.9. The summed E-state index contributed by atoms with van der Waals surface area (Å²) in [6.07, 6.45) is -0.297. The monoisotopic (exact) mass is 405 g/mol. The highest BCUT2D eigenvalue weighted by molar-refractivity contribution is 5.91. The Labute approximate surface area is 170 Å². The Morgan fingerprint density at radius 1 is 1.28 bits per heavy atom. The lowest BCUT2D eigenvalue weighted by Crippen LogP contribution is -2.43. The number of hydrogen-bond donors (Lipinski definition) is 1. The number of carbonyl (C=O) groups is 3. The molecule has 2 unspecified atom stereocenters. The fourth-order valence-electron chi connectivity index (χ4n) is 3.73. The summed E-state index contributed by atoms with van der Waals surface area (Å²) in [5.74, 6) is -1.05. The third-order valence-corrected chi connectivity index (χ3v) is 5.18. The summed E-state index contributed by atoms with van der Waals surface area (Å²) in [5.41, 5.74) is 0.432. The SMILES string of the molecule is CC(C)CN1CC(OCc2ccccc2F)CN(C(=O)C2CNC(=O)C2)CC1=O. The second-order valence-electron chi connectivity index (χ2n) is 8.14. The number of nitrogens with zero attached hydrogens (tertiary/aromatic N) is 2. The van der Waals surface area contributed by atoms with Gasteiger partial charge in [0.2, 0.25) is 17.7 Å². The van der Waals surface area contributed by atoms with Gasteiger partial charge in [0, 0.05) is 38.2 Å². The number of hydrogen-bond acceptors (Lipinski definition) is 4. The molecule has 0 spiro atoms. The normalized spacial score (nSPS) is 22.8. The summed E-state index contributed by atoms with van der Waals surface area (Å²) in [5, 5.41) is 2.66. The predicted octanol–water partition coefficient (Wildman–Crippen LogP) is 1.17. The lowest BCUT2D eigenvalue weighted by atomic mass is 10.1. The van der Waals surface area contributed by atoms with Crippen LogP contribution in [0, 0.1) is 17.7 Å². The topological polar surface area (TPSA) is 79.0 Å². The van der Waals surface area contributed by atoms with Crippen LogP contribution in [0.3, 0.4) is 0 Å². The molecule has 1 N–H and O–H groups in total. The van der Waals surface area contributed by atoms with Crippen LogP contribution < -0.4 is 5.32 Å². The van der Waals surface area contributed by atoms with Crippen LogP contribution in [0.2, 0.25) is 0 Å². The van der Waals surface area contributed by atoms with Crippen LogP contribution in [-0.4, -0.2) is 66.3 Å². The van der Waals surface area contributed by atoms with Crippen LogP contribution in [0.5, 0.6) is 0 Å². The molecular formula is C21H28FN3O4. The van der Waals surface area contributed by atoms with E-state index in [4.69, 9.17) is 4.74 Å². The van der Waals surface area contributed by atoms with Gasteiger partial charge in [-0.05, 0) is 12.0 Å². The summed E-state index contributed by atoms with van der Waals surface area (Å²) in [4.78, 5) is 40.3. The van der Waals surface area contributed by atoms with Crippen molar-refractivity contribution in [2.45, 2.75) is 33.0 Å². The molecule has 29 heavy (non-hydrogen) atoms. The summed E-state index contributed by atoms with van der Waals surface area (Å²) in [6, 6.07) is 6.39. The van der Waals surface area contributed by atoms with Crippen molar-refractivity contribution >= 4 is 17.7 Å². The van der Waals surface area contributed by atoms with Crippen LogP contribution in [0.15, 0.2) is 24.3 Å². The Morgan fingerprint density at radius 3 is 2.69 bits per heavy atom. The molecule has 0 aromatic heterocycles. The largest absolute Gasteiger partial charge is 0.370 e. The minimum absolute atomic E-state index is 0.0319. The van der Waals surface area contributed by atoms with Gasteiger partial charge in [0.05, 0.1) is 25.2 Å². The van der Waals surface area contributed by atoms with Gasteiger partial charge in [-0.2, -0.15) is 0 Å². The highest BCUT2D eigenvalue weighted by Gasteiger charge is 2.36. The number of ether oxygens (including phenoxy) is 1. The molecule has 8 heteroatoms. The van der Waals surface area contributed by atoms with E-state index in [1.807, 2.05) is 13.8 Å². The smallest absolute Gasteiger partial charge is 0.242 e. The zero-order chi connectivity index (χ0) is 21.0.